The second-order valence-electron chi connectivity index (χ2n) is 2.28. The van der Waals surface area contributed by atoms with Crippen molar-refractivity contribution in [1.29, 1.82) is 0 Å². The van der Waals surface area contributed by atoms with Crippen LogP contribution >= 0.6 is 22.6 Å². The number of rotatable bonds is 4. The summed E-state index contributed by atoms with van der Waals surface area (Å²) in [5.74, 6) is -1.25. The summed E-state index contributed by atoms with van der Waals surface area (Å²) in [6.07, 6.45) is 1.66. The highest BCUT2D eigenvalue weighted by molar-refractivity contribution is 14.1. The molecule has 0 aromatic heterocycles. The van der Waals surface area contributed by atoms with E-state index in [4.69, 9.17) is 0 Å². The van der Waals surface area contributed by atoms with Crippen molar-refractivity contribution < 1.29 is 19.1 Å². The fourth-order valence-electron chi connectivity index (χ4n) is 0.772. The predicted molar refractivity (Wildman–Crippen MR) is 55.6 cm³/mol. The summed E-state index contributed by atoms with van der Waals surface area (Å²) in [7, 11) is 2.45. The molecule has 0 aliphatic rings. The number of carbonyl (C=O) groups excluding carboxylic acids is 2. The lowest BCUT2D eigenvalue weighted by atomic mass is 10.1. The fraction of sp³-hybridized carbons (Fsp3) is 0.500. The summed E-state index contributed by atoms with van der Waals surface area (Å²) < 4.78 is 7.69. The lowest BCUT2D eigenvalue weighted by Gasteiger charge is -2.19. The van der Waals surface area contributed by atoms with E-state index in [1.807, 2.05) is 0 Å². The zero-order valence-electron chi connectivity index (χ0n) is 7.50. The van der Waals surface area contributed by atoms with Gasteiger partial charge < -0.3 is 9.47 Å². The maximum absolute atomic E-state index is 11.2. The van der Waals surface area contributed by atoms with Crippen molar-refractivity contribution in [2.24, 2.45) is 0 Å². The number of esters is 2. The highest BCUT2D eigenvalue weighted by Gasteiger charge is 2.44. The molecule has 13 heavy (non-hydrogen) atoms. The van der Waals surface area contributed by atoms with E-state index in [1.54, 1.807) is 22.6 Å². The van der Waals surface area contributed by atoms with Gasteiger partial charge in [-0.2, -0.15) is 0 Å². The lowest BCUT2D eigenvalue weighted by molar-refractivity contribution is -0.154. The number of carbonyl (C=O) groups is 2. The minimum absolute atomic E-state index is 0.187. The second kappa shape index (κ2) is 5.21. The van der Waals surface area contributed by atoms with Gasteiger partial charge >= 0.3 is 11.9 Å². The molecule has 0 bridgehead atoms. The first-order valence-electron chi connectivity index (χ1n) is 3.49. The Balaban J connectivity index is 4.81. The van der Waals surface area contributed by atoms with Gasteiger partial charge in [-0.1, -0.05) is 28.7 Å². The molecule has 0 saturated carbocycles. The van der Waals surface area contributed by atoms with Gasteiger partial charge in [0.1, 0.15) is 0 Å². The van der Waals surface area contributed by atoms with Crippen molar-refractivity contribution in [3.63, 3.8) is 0 Å². The number of alkyl halides is 1. The first kappa shape index (κ1) is 12.4. The molecule has 0 aromatic rings. The van der Waals surface area contributed by atoms with Crippen molar-refractivity contribution in [3.8, 4) is 0 Å². The Bertz CT molecular complexity index is 208. The zero-order chi connectivity index (χ0) is 10.5. The van der Waals surface area contributed by atoms with Gasteiger partial charge in [-0.3, -0.25) is 0 Å². The van der Waals surface area contributed by atoms with Crippen LogP contribution in [0.4, 0.5) is 0 Å². The molecule has 0 saturated heterocycles. The SMILES string of the molecule is C=CCC(I)(C(=O)OC)C(=O)OC. The summed E-state index contributed by atoms with van der Waals surface area (Å²) in [5.41, 5.74) is 0. The molecule has 0 aliphatic heterocycles. The van der Waals surface area contributed by atoms with Crippen LogP contribution < -0.4 is 0 Å². The largest absolute Gasteiger partial charge is 0.468 e. The zero-order valence-corrected chi connectivity index (χ0v) is 9.66. The Kier molecular flexibility index (Phi) is 4.97. The summed E-state index contributed by atoms with van der Waals surface area (Å²) in [4.78, 5) is 22.5. The van der Waals surface area contributed by atoms with Gasteiger partial charge in [-0.15, -0.1) is 6.58 Å². The first-order chi connectivity index (χ1) is 6.02. The number of halogens is 1. The van der Waals surface area contributed by atoms with E-state index in [9.17, 15) is 9.59 Å². The molecule has 0 heterocycles. The smallest absolute Gasteiger partial charge is 0.333 e. The Morgan fingerprint density at radius 3 is 2.00 bits per heavy atom. The Morgan fingerprint density at radius 2 is 1.77 bits per heavy atom. The third-order valence-electron chi connectivity index (χ3n) is 1.44. The van der Waals surface area contributed by atoms with E-state index in [-0.39, 0.29) is 6.42 Å². The third-order valence-corrected chi connectivity index (χ3v) is 2.76. The van der Waals surface area contributed by atoms with E-state index < -0.39 is 15.4 Å². The highest BCUT2D eigenvalue weighted by Crippen LogP contribution is 2.27. The van der Waals surface area contributed by atoms with Gasteiger partial charge in [0.25, 0.3) is 0 Å². The molecule has 0 amide bonds. The van der Waals surface area contributed by atoms with Crippen molar-refractivity contribution in [2.45, 2.75) is 9.84 Å². The molecular formula is C8H11IO4. The summed E-state index contributed by atoms with van der Waals surface area (Å²) >= 11 is 1.71. The topological polar surface area (TPSA) is 52.6 Å². The molecule has 0 aromatic carbocycles. The Labute approximate surface area is 90.4 Å². The molecule has 0 rings (SSSR count). The first-order valence-corrected chi connectivity index (χ1v) is 4.57. The van der Waals surface area contributed by atoms with Crippen LogP contribution in [0.2, 0.25) is 0 Å². The molecule has 0 unspecified atom stereocenters. The van der Waals surface area contributed by atoms with Gasteiger partial charge in [0.15, 0.2) is 0 Å². The van der Waals surface area contributed by atoms with E-state index in [2.05, 4.69) is 16.1 Å². The number of hydrogen-bond donors (Lipinski definition) is 0. The molecule has 4 nitrogen and oxygen atoms in total. The number of allylic oxidation sites excluding steroid dienone is 1. The summed E-state index contributed by atoms with van der Waals surface area (Å²) in [6, 6.07) is 0. The monoisotopic (exact) mass is 298 g/mol. The molecule has 74 valence electrons. The summed E-state index contributed by atoms with van der Waals surface area (Å²) in [5, 5.41) is 0. The van der Waals surface area contributed by atoms with E-state index in [0.29, 0.717) is 0 Å². The standard InChI is InChI=1S/C8H11IO4/c1-4-5-8(9,6(10)12-2)7(11)13-3/h4H,1,5H2,2-3H3. The Morgan fingerprint density at radius 1 is 1.38 bits per heavy atom. The number of methoxy groups -OCH3 is 2. The molecule has 0 radical (unpaired) electrons. The predicted octanol–water partition coefficient (Wildman–Crippen LogP) is 1.08. The van der Waals surface area contributed by atoms with Crippen LogP contribution in [0.25, 0.3) is 0 Å². The number of hydrogen-bond acceptors (Lipinski definition) is 4. The van der Waals surface area contributed by atoms with Crippen molar-refractivity contribution in [1.82, 2.24) is 0 Å². The van der Waals surface area contributed by atoms with Crippen LogP contribution in [0.15, 0.2) is 12.7 Å². The van der Waals surface area contributed by atoms with Gasteiger partial charge in [0.2, 0.25) is 3.42 Å². The normalized spacial score (nSPS) is 10.4. The van der Waals surface area contributed by atoms with Crippen LogP contribution in [0, 0.1) is 0 Å². The van der Waals surface area contributed by atoms with Crippen molar-refractivity contribution >= 4 is 34.5 Å². The minimum Gasteiger partial charge on any atom is -0.468 e. The minimum atomic E-state index is -1.30. The van der Waals surface area contributed by atoms with E-state index in [0.717, 1.165) is 0 Å². The van der Waals surface area contributed by atoms with Crippen molar-refractivity contribution in [3.05, 3.63) is 12.7 Å². The van der Waals surface area contributed by atoms with Gasteiger partial charge in [0, 0.05) is 6.42 Å². The highest BCUT2D eigenvalue weighted by atomic mass is 127. The van der Waals surface area contributed by atoms with E-state index in [1.165, 1.54) is 20.3 Å². The van der Waals surface area contributed by atoms with Crippen LogP contribution in [-0.2, 0) is 19.1 Å². The van der Waals surface area contributed by atoms with Crippen LogP contribution in [0.3, 0.4) is 0 Å². The average Bonchev–Trinajstić information content (AvgIpc) is 2.15. The molecule has 0 fully saturated rings. The average molecular weight is 298 g/mol. The summed E-state index contributed by atoms with van der Waals surface area (Å²) in [6.45, 7) is 3.46. The quantitative estimate of drug-likeness (QED) is 0.256. The van der Waals surface area contributed by atoms with Crippen LogP contribution in [0.1, 0.15) is 6.42 Å². The van der Waals surface area contributed by atoms with Crippen LogP contribution in [0.5, 0.6) is 0 Å². The molecule has 0 atom stereocenters. The maximum atomic E-state index is 11.2. The fourth-order valence-corrected chi connectivity index (χ4v) is 1.52. The third kappa shape index (κ3) is 2.68. The Hall–Kier alpha value is -0.590. The van der Waals surface area contributed by atoms with Crippen LogP contribution in [-0.4, -0.2) is 29.6 Å². The molecule has 0 N–H and O–H groups in total. The van der Waals surface area contributed by atoms with Crippen molar-refractivity contribution in [2.75, 3.05) is 14.2 Å². The molecule has 5 heteroatoms. The van der Waals surface area contributed by atoms with Gasteiger partial charge in [-0.25, -0.2) is 9.59 Å². The molecule has 0 aliphatic carbocycles. The van der Waals surface area contributed by atoms with Gasteiger partial charge in [0.05, 0.1) is 14.2 Å². The molecular weight excluding hydrogens is 287 g/mol. The van der Waals surface area contributed by atoms with E-state index >= 15 is 0 Å². The van der Waals surface area contributed by atoms with Gasteiger partial charge in [-0.05, 0) is 0 Å². The molecule has 0 spiro atoms. The number of ether oxygens (including phenoxy) is 2. The lowest BCUT2D eigenvalue weighted by Crippen LogP contribution is -2.41. The second-order valence-corrected chi connectivity index (χ2v) is 4.12. The maximum Gasteiger partial charge on any atom is 0.333 e.